The van der Waals surface area contributed by atoms with Gasteiger partial charge >= 0.3 is 12.2 Å². The smallest absolute Gasteiger partial charge is 0.442 e. The molecule has 3 aromatic rings. The molecule has 0 aliphatic carbocycles. The second kappa shape index (κ2) is 11.9. The minimum atomic E-state index is -3.10. The first kappa shape index (κ1) is 30.3. The van der Waals surface area contributed by atoms with Crippen LogP contribution in [-0.4, -0.2) is 44.7 Å². The molecule has 1 atom stereocenters. The number of amides is 3. The molecule has 1 aromatic heterocycles. The summed E-state index contributed by atoms with van der Waals surface area (Å²) in [7, 11) is -3.10. The predicted molar refractivity (Wildman–Crippen MR) is 155 cm³/mol. The number of benzene rings is 2. The van der Waals surface area contributed by atoms with Gasteiger partial charge in [-0.15, -0.1) is 4.36 Å². The molecule has 0 bridgehead atoms. The van der Waals surface area contributed by atoms with Crippen molar-refractivity contribution in [2.45, 2.75) is 57.6 Å². The zero-order valence-electron chi connectivity index (χ0n) is 23.6. The highest BCUT2D eigenvalue weighted by molar-refractivity contribution is 7.93. The molecule has 2 aromatic carbocycles. The van der Waals surface area contributed by atoms with Crippen LogP contribution in [0, 0.1) is 0 Å². The third-order valence-electron chi connectivity index (χ3n) is 5.09. The van der Waals surface area contributed by atoms with E-state index in [1.165, 1.54) is 30.5 Å². The highest BCUT2D eigenvalue weighted by atomic mass is 32.2. The lowest BCUT2D eigenvalue weighted by molar-refractivity contribution is 0.0603. The van der Waals surface area contributed by atoms with Crippen molar-refractivity contribution in [3.8, 4) is 11.1 Å². The van der Waals surface area contributed by atoms with Crippen LogP contribution >= 0.6 is 0 Å². The van der Waals surface area contributed by atoms with Gasteiger partial charge in [0.05, 0.1) is 21.1 Å². The van der Waals surface area contributed by atoms with Crippen LogP contribution in [0.1, 0.15) is 51.9 Å². The highest BCUT2D eigenvalue weighted by Crippen LogP contribution is 2.30. The molecule has 212 valence electrons. The van der Waals surface area contributed by atoms with E-state index in [1.807, 2.05) is 6.07 Å². The summed E-state index contributed by atoms with van der Waals surface area (Å²) in [6.07, 6.45) is 3.06. The van der Waals surface area contributed by atoms with Crippen LogP contribution in [0.15, 0.2) is 76.2 Å². The van der Waals surface area contributed by atoms with Crippen molar-refractivity contribution in [2.75, 3.05) is 16.9 Å². The van der Waals surface area contributed by atoms with Gasteiger partial charge in [0.1, 0.15) is 11.2 Å². The number of anilines is 2. The maximum atomic E-state index is 13.2. The minimum absolute atomic E-state index is 0.256. The van der Waals surface area contributed by atoms with Crippen molar-refractivity contribution in [3.63, 3.8) is 0 Å². The number of pyridine rings is 1. The molecule has 0 aliphatic rings. The standard InChI is InChI=1S/C29H34N4O6S/c1-28(2,3)38-26(35)32-23-15-12-20(21-9-8-16-30-18-21)17-24(23)31-25(34)19-10-13-22(14-11-19)40(7,37)33-27(36)39-29(4,5)6/h8-18H,1-7H3,(H,31,34)(H,32,35). The minimum Gasteiger partial charge on any atom is -0.444 e. The zero-order chi connectivity index (χ0) is 29.7. The van der Waals surface area contributed by atoms with Gasteiger partial charge in [-0.3, -0.25) is 15.1 Å². The van der Waals surface area contributed by atoms with Gasteiger partial charge in [-0.05, 0) is 89.6 Å². The summed E-state index contributed by atoms with van der Waals surface area (Å²) in [6, 6.07) is 14.7. The second-order valence-corrected chi connectivity index (χ2v) is 13.2. The van der Waals surface area contributed by atoms with E-state index in [0.717, 1.165) is 11.1 Å². The van der Waals surface area contributed by atoms with Gasteiger partial charge in [-0.1, -0.05) is 12.1 Å². The Labute approximate surface area is 234 Å². The monoisotopic (exact) mass is 566 g/mol. The first-order valence-electron chi connectivity index (χ1n) is 12.4. The molecule has 11 heteroatoms. The van der Waals surface area contributed by atoms with Crippen LogP contribution in [0.25, 0.3) is 11.1 Å². The van der Waals surface area contributed by atoms with Gasteiger partial charge in [-0.2, -0.15) is 0 Å². The third kappa shape index (κ3) is 8.91. The number of carbonyl (C=O) groups is 3. The lowest BCUT2D eigenvalue weighted by Crippen LogP contribution is -2.27. The fraction of sp³-hybridized carbons (Fsp3) is 0.310. The Bertz CT molecular complexity index is 1510. The van der Waals surface area contributed by atoms with Crippen molar-refractivity contribution < 1.29 is 28.1 Å². The van der Waals surface area contributed by atoms with Crippen LogP contribution in [-0.2, 0) is 19.2 Å². The van der Waals surface area contributed by atoms with Crippen molar-refractivity contribution in [1.29, 1.82) is 0 Å². The van der Waals surface area contributed by atoms with Crippen molar-refractivity contribution in [1.82, 2.24) is 4.98 Å². The molecule has 0 saturated carbocycles. The molecule has 1 heterocycles. The number of carbonyl (C=O) groups excluding carboxylic acids is 3. The van der Waals surface area contributed by atoms with E-state index in [-0.39, 0.29) is 10.5 Å². The summed E-state index contributed by atoms with van der Waals surface area (Å²) in [5.74, 6) is -0.478. The van der Waals surface area contributed by atoms with E-state index < -0.39 is 39.0 Å². The van der Waals surface area contributed by atoms with Gasteiger partial charge in [0.15, 0.2) is 0 Å². The number of ether oxygens (including phenoxy) is 2. The molecule has 1 unspecified atom stereocenters. The van der Waals surface area contributed by atoms with Gasteiger partial charge < -0.3 is 14.8 Å². The number of nitrogens with zero attached hydrogens (tertiary/aromatic N) is 2. The molecule has 0 radical (unpaired) electrons. The maximum absolute atomic E-state index is 13.2. The highest BCUT2D eigenvalue weighted by Gasteiger charge is 2.20. The van der Waals surface area contributed by atoms with Gasteiger partial charge in [0, 0.05) is 34.7 Å². The molecular weight excluding hydrogens is 532 g/mol. The fourth-order valence-corrected chi connectivity index (χ4v) is 4.48. The average Bonchev–Trinajstić information content (AvgIpc) is 2.83. The Hall–Kier alpha value is -4.25. The van der Waals surface area contributed by atoms with Crippen molar-refractivity contribution in [2.24, 2.45) is 4.36 Å². The second-order valence-electron chi connectivity index (χ2n) is 11.0. The molecule has 40 heavy (non-hydrogen) atoms. The first-order valence-corrected chi connectivity index (χ1v) is 14.4. The maximum Gasteiger partial charge on any atom is 0.442 e. The largest absolute Gasteiger partial charge is 0.444 e. The summed E-state index contributed by atoms with van der Waals surface area (Å²) in [6.45, 7) is 10.3. The normalized spacial score (nSPS) is 13.0. The molecule has 0 saturated heterocycles. The molecule has 0 spiro atoms. The van der Waals surface area contributed by atoms with Gasteiger partial charge in [0.2, 0.25) is 0 Å². The molecule has 3 rings (SSSR count). The molecule has 0 fully saturated rings. The summed E-state index contributed by atoms with van der Waals surface area (Å²) < 4.78 is 27.3. The predicted octanol–water partition coefficient (Wildman–Crippen LogP) is 6.74. The summed E-state index contributed by atoms with van der Waals surface area (Å²) in [4.78, 5) is 42.1. The number of rotatable bonds is 5. The molecule has 0 aliphatic heterocycles. The van der Waals surface area contributed by atoms with E-state index in [4.69, 9.17) is 9.47 Å². The SMILES string of the molecule is CC(C)(C)OC(=O)N=S(C)(=O)c1ccc(C(=O)Nc2cc(-c3cccnc3)ccc2NC(=O)OC(C)(C)C)cc1. The van der Waals surface area contributed by atoms with Crippen molar-refractivity contribution in [3.05, 3.63) is 72.6 Å². The summed E-state index contributed by atoms with van der Waals surface area (Å²) >= 11 is 0. The number of aromatic nitrogens is 1. The third-order valence-corrected chi connectivity index (χ3v) is 6.74. The van der Waals surface area contributed by atoms with Crippen LogP contribution in [0.3, 0.4) is 0 Å². The molecular formula is C29H34N4O6S. The Morgan fingerprint density at radius 2 is 1.48 bits per heavy atom. The topological polar surface area (TPSA) is 136 Å². The first-order chi connectivity index (χ1) is 18.5. The average molecular weight is 567 g/mol. The Morgan fingerprint density at radius 3 is 2.05 bits per heavy atom. The Kier molecular flexibility index (Phi) is 8.99. The Morgan fingerprint density at radius 1 is 0.825 bits per heavy atom. The number of nitrogens with one attached hydrogen (secondary N) is 2. The van der Waals surface area contributed by atoms with Crippen LogP contribution in [0.4, 0.5) is 21.0 Å². The quantitative estimate of drug-likeness (QED) is 0.349. The van der Waals surface area contributed by atoms with E-state index in [9.17, 15) is 18.6 Å². The molecule has 3 amide bonds. The van der Waals surface area contributed by atoms with Crippen LogP contribution in [0.5, 0.6) is 0 Å². The van der Waals surface area contributed by atoms with Crippen LogP contribution in [0.2, 0.25) is 0 Å². The van der Waals surface area contributed by atoms with E-state index >= 15 is 0 Å². The lowest BCUT2D eigenvalue weighted by Gasteiger charge is -2.21. The number of hydrogen-bond acceptors (Lipinski definition) is 7. The van der Waals surface area contributed by atoms with Crippen molar-refractivity contribution >= 4 is 39.2 Å². The molecule has 2 N–H and O–H groups in total. The zero-order valence-corrected chi connectivity index (χ0v) is 24.4. The Balaban J connectivity index is 1.88. The van der Waals surface area contributed by atoms with Gasteiger partial charge in [0.25, 0.3) is 5.91 Å². The fourth-order valence-electron chi connectivity index (χ4n) is 3.41. The lowest BCUT2D eigenvalue weighted by atomic mass is 10.1. The molecule has 10 nitrogen and oxygen atoms in total. The van der Waals surface area contributed by atoms with E-state index in [1.54, 1.807) is 78.2 Å². The number of hydrogen-bond donors (Lipinski definition) is 2. The van der Waals surface area contributed by atoms with Gasteiger partial charge in [-0.25, -0.2) is 13.8 Å². The van der Waals surface area contributed by atoms with E-state index in [0.29, 0.717) is 11.4 Å². The summed E-state index contributed by atoms with van der Waals surface area (Å²) in [5.41, 5.74) is 1.02. The van der Waals surface area contributed by atoms with E-state index in [2.05, 4.69) is 20.0 Å². The van der Waals surface area contributed by atoms with Crippen LogP contribution < -0.4 is 10.6 Å². The summed E-state index contributed by atoms with van der Waals surface area (Å²) in [5, 5.41) is 5.50.